The Balaban J connectivity index is 2.27. The summed E-state index contributed by atoms with van der Waals surface area (Å²) in [5, 5.41) is 0. The Labute approximate surface area is 107 Å². The number of benzene rings is 1. The maximum atomic E-state index is 12.0. The van der Waals surface area contributed by atoms with Crippen molar-refractivity contribution in [3.63, 3.8) is 0 Å². The SMILES string of the molecule is CCO[C@]1(C)C(=O)N(C)[C@@H]1c1ccc(OC)cc1. The third kappa shape index (κ3) is 1.77. The number of likely N-dealkylation sites (N-methyl/N-ethyl adjacent to an activating group) is 1. The molecule has 2 rings (SSSR count). The molecule has 0 N–H and O–H groups in total. The van der Waals surface area contributed by atoms with Gasteiger partial charge < -0.3 is 14.4 Å². The highest BCUT2D eigenvalue weighted by atomic mass is 16.5. The van der Waals surface area contributed by atoms with Gasteiger partial charge in [-0.15, -0.1) is 0 Å². The average molecular weight is 249 g/mol. The number of hydrogen-bond acceptors (Lipinski definition) is 3. The summed E-state index contributed by atoms with van der Waals surface area (Å²) in [5.41, 5.74) is 0.326. The normalized spacial score (nSPS) is 27.0. The van der Waals surface area contributed by atoms with Gasteiger partial charge in [0.2, 0.25) is 0 Å². The molecule has 4 heteroatoms. The van der Waals surface area contributed by atoms with Crippen molar-refractivity contribution in [3.05, 3.63) is 29.8 Å². The maximum Gasteiger partial charge on any atom is 0.257 e. The number of carbonyl (C=O) groups is 1. The first-order valence-corrected chi connectivity index (χ1v) is 6.09. The minimum atomic E-state index is -0.738. The second-order valence-electron chi connectivity index (χ2n) is 4.63. The van der Waals surface area contributed by atoms with Crippen molar-refractivity contribution < 1.29 is 14.3 Å². The van der Waals surface area contributed by atoms with Crippen molar-refractivity contribution >= 4 is 5.91 Å². The van der Waals surface area contributed by atoms with E-state index in [2.05, 4.69) is 0 Å². The van der Waals surface area contributed by atoms with Crippen molar-refractivity contribution in [2.45, 2.75) is 25.5 Å². The van der Waals surface area contributed by atoms with Crippen LogP contribution in [0.2, 0.25) is 0 Å². The molecule has 18 heavy (non-hydrogen) atoms. The molecule has 0 unspecified atom stereocenters. The van der Waals surface area contributed by atoms with E-state index >= 15 is 0 Å². The number of ether oxygens (including phenoxy) is 2. The van der Waals surface area contributed by atoms with E-state index < -0.39 is 5.60 Å². The molecule has 0 radical (unpaired) electrons. The summed E-state index contributed by atoms with van der Waals surface area (Å²) >= 11 is 0. The minimum Gasteiger partial charge on any atom is -0.497 e. The first-order chi connectivity index (χ1) is 8.54. The van der Waals surface area contributed by atoms with E-state index in [0.29, 0.717) is 6.61 Å². The molecular formula is C14H19NO3. The van der Waals surface area contributed by atoms with Crippen LogP contribution in [0.25, 0.3) is 0 Å². The van der Waals surface area contributed by atoms with Crippen LogP contribution < -0.4 is 4.74 Å². The van der Waals surface area contributed by atoms with Crippen LogP contribution in [-0.2, 0) is 9.53 Å². The van der Waals surface area contributed by atoms with Gasteiger partial charge in [-0.1, -0.05) is 12.1 Å². The molecule has 1 aromatic rings. The quantitative estimate of drug-likeness (QED) is 0.766. The smallest absolute Gasteiger partial charge is 0.257 e. The van der Waals surface area contributed by atoms with Gasteiger partial charge in [-0.3, -0.25) is 4.79 Å². The lowest BCUT2D eigenvalue weighted by Gasteiger charge is -2.52. The van der Waals surface area contributed by atoms with Crippen LogP contribution in [-0.4, -0.2) is 37.2 Å². The van der Waals surface area contributed by atoms with E-state index in [-0.39, 0.29) is 11.9 Å². The molecule has 0 saturated carbocycles. The van der Waals surface area contributed by atoms with Crippen molar-refractivity contribution in [2.75, 3.05) is 20.8 Å². The molecule has 1 aliphatic rings. The lowest BCUT2D eigenvalue weighted by Crippen LogP contribution is -2.66. The summed E-state index contributed by atoms with van der Waals surface area (Å²) in [7, 11) is 3.44. The topological polar surface area (TPSA) is 38.8 Å². The first kappa shape index (κ1) is 12.9. The van der Waals surface area contributed by atoms with Crippen molar-refractivity contribution in [1.82, 2.24) is 4.90 Å². The van der Waals surface area contributed by atoms with Crippen LogP contribution in [0.15, 0.2) is 24.3 Å². The molecule has 1 saturated heterocycles. The molecule has 1 fully saturated rings. The zero-order chi connectivity index (χ0) is 13.3. The molecule has 1 aromatic carbocycles. The summed E-state index contributed by atoms with van der Waals surface area (Å²) in [4.78, 5) is 13.7. The summed E-state index contributed by atoms with van der Waals surface area (Å²) in [5.74, 6) is 0.843. The highest BCUT2D eigenvalue weighted by Gasteiger charge is 2.57. The second-order valence-corrected chi connectivity index (χ2v) is 4.63. The molecule has 0 spiro atoms. The van der Waals surface area contributed by atoms with E-state index in [1.54, 1.807) is 19.1 Å². The Morgan fingerprint density at radius 1 is 1.33 bits per heavy atom. The first-order valence-electron chi connectivity index (χ1n) is 6.09. The second kappa shape index (κ2) is 4.61. The van der Waals surface area contributed by atoms with Gasteiger partial charge in [-0.25, -0.2) is 0 Å². The Morgan fingerprint density at radius 2 is 1.94 bits per heavy atom. The number of amides is 1. The molecule has 1 heterocycles. The van der Waals surface area contributed by atoms with Crippen LogP contribution in [0.5, 0.6) is 5.75 Å². The van der Waals surface area contributed by atoms with E-state index in [4.69, 9.17) is 9.47 Å². The fourth-order valence-electron chi connectivity index (χ4n) is 2.66. The number of β-lactam (4-membered cyclic amide) rings is 1. The number of likely N-dealkylation sites (tertiary alicyclic amines) is 1. The van der Waals surface area contributed by atoms with Gasteiger partial charge in [-0.05, 0) is 31.5 Å². The predicted molar refractivity (Wildman–Crippen MR) is 68.5 cm³/mol. The number of rotatable bonds is 4. The van der Waals surface area contributed by atoms with Crippen molar-refractivity contribution in [2.24, 2.45) is 0 Å². The van der Waals surface area contributed by atoms with Gasteiger partial charge in [0.1, 0.15) is 5.75 Å². The van der Waals surface area contributed by atoms with Crippen LogP contribution in [0.4, 0.5) is 0 Å². The fourth-order valence-corrected chi connectivity index (χ4v) is 2.66. The maximum absolute atomic E-state index is 12.0. The van der Waals surface area contributed by atoms with Gasteiger partial charge in [0.25, 0.3) is 5.91 Å². The van der Waals surface area contributed by atoms with E-state index in [1.165, 1.54) is 0 Å². The lowest BCUT2D eigenvalue weighted by atomic mass is 9.79. The molecule has 1 amide bonds. The molecular weight excluding hydrogens is 230 g/mol. The summed E-state index contributed by atoms with van der Waals surface area (Å²) < 4.78 is 10.8. The van der Waals surface area contributed by atoms with Gasteiger partial charge in [0.15, 0.2) is 5.60 Å². The molecule has 4 nitrogen and oxygen atoms in total. The van der Waals surface area contributed by atoms with E-state index in [0.717, 1.165) is 11.3 Å². The minimum absolute atomic E-state index is 0.0316. The molecule has 0 bridgehead atoms. The van der Waals surface area contributed by atoms with Gasteiger partial charge >= 0.3 is 0 Å². The number of hydrogen-bond donors (Lipinski definition) is 0. The predicted octanol–water partition coefficient (Wildman–Crippen LogP) is 2.00. The Morgan fingerprint density at radius 3 is 2.44 bits per heavy atom. The van der Waals surface area contributed by atoms with Gasteiger partial charge in [-0.2, -0.15) is 0 Å². The highest BCUT2D eigenvalue weighted by molar-refractivity contribution is 5.92. The number of carbonyl (C=O) groups excluding carboxylic acids is 1. The van der Waals surface area contributed by atoms with Crippen LogP contribution in [0, 0.1) is 0 Å². The molecule has 0 aromatic heterocycles. The Bertz CT molecular complexity index is 443. The Hall–Kier alpha value is -1.55. The summed E-state index contributed by atoms with van der Waals surface area (Å²) in [6.45, 7) is 4.29. The monoisotopic (exact) mass is 249 g/mol. The standard InChI is InChI=1S/C14H19NO3/c1-5-18-14(2)12(15(3)13(14)16)10-6-8-11(17-4)9-7-10/h6-9,12H,5H2,1-4H3/t12-,14+/m1/s1. The van der Waals surface area contributed by atoms with Crippen LogP contribution in [0.1, 0.15) is 25.5 Å². The average Bonchev–Trinajstić information content (AvgIpc) is 2.39. The van der Waals surface area contributed by atoms with Crippen LogP contribution >= 0.6 is 0 Å². The van der Waals surface area contributed by atoms with Gasteiger partial charge in [0, 0.05) is 13.7 Å². The summed E-state index contributed by atoms with van der Waals surface area (Å²) in [6, 6.07) is 7.72. The Kier molecular flexibility index (Phi) is 3.30. The lowest BCUT2D eigenvalue weighted by molar-refractivity contribution is -0.197. The van der Waals surface area contributed by atoms with Crippen LogP contribution in [0.3, 0.4) is 0 Å². The number of methoxy groups -OCH3 is 1. The molecule has 2 atom stereocenters. The molecule has 98 valence electrons. The number of nitrogens with zero attached hydrogens (tertiary/aromatic N) is 1. The highest BCUT2D eigenvalue weighted by Crippen LogP contribution is 2.44. The third-order valence-corrected chi connectivity index (χ3v) is 3.53. The third-order valence-electron chi connectivity index (χ3n) is 3.53. The van der Waals surface area contributed by atoms with Crippen molar-refractivity contribution in [3.8, 4) is 5.75 Å². The van der Waals surface area contributed by atoms with E-state index in [1.807, 2.05) is 38.1 Å². The summed E-state index contributed by atoms with van der Waals surface area (Å²) in [6.07, 6.45) is 0. The van der Waals surface area contributed by atoms with E-state index in [9.17, 15) is 4.79 Å². The molecule has 1 aliphatic heterocycles. The largest absolute Gasteiger partial charge is 0.497 e. The molecule has 0 aliphatic carbocycles. The zero-order valence-electron chi connectivity index (χ0n) is 11.3. The zero-order valence-corrected chi connectivity index (χ0v) is 11.3. The van der Waals surface area contributed by atoms with Crippen molar-refractivity contribution in [1.29, 1.82) is 0 Å². The van der Waals surface area contributed by atoms with Gasteiger partial charge in [0.05, 0.1) is 13.2 Å². The fraction of sp³-hybridized carbons (Fsp3) is 0.500.